The Labute approximate surface area is 126 Å². The quantitative estimate of drug-likeness (QED) is 0.589. The van der Waals surface area contributed by atoms with E-state index in [1.165, 1.54) is 0 Å². The number of nitrogens with two attached hydrogens (primary N) is 1. The second-order valence-corrected chi connectivity index (χ2v) is 6.68. The lowest BCUT2D eigenvalue weighted by Crippen LogP contribution is -2.27. The summed E-state index contributed by atoms with van der Waals surface area (Å²) in [6, 6.07) is 6.31. The van der Waals surface area contributed by atoms with Gasteiger partial charge in [-0.3, -0.25) is 0 Å². The lowest BCUT2D eigenvalue weighted by molar-refractivity contribution is -0.135. The Morgan fingerprint density at radius 3 is 2.29 bits per heavy atom. The van der Waals surface area contributed by atoms with E-state index >= 15 is 0 Å². The van der Waals surface area contributed by atoms with Crippen LogP contribution in [-0.4, -0.2) is 26.1 Å². The molecule has 1 rings (SSSR count). The summed E-state index contributed by atoms with van der Waals surface area (Å²) < 4.78 is 61.3. The van der Waals surface area contributed by atoms with Gasteiger partial charge in [-0.25, -0.2) is 13.1 Å². The monoisotopic (exact) mass is 340 g/mol. The van der Waals surface area contributed by atoms with Gasteiger partial charge in [-0.2, -0.15) is 13.2 Å². The molecular weight excluding hydrogens is 325 g/mol. The van der Waals surface area contributed by atoms with Crippen molar-refractivity contribution in [3.05, 3.63) is 35.4 Å². The van der Waals surface area contributed by atoms with Crippen molar-refractivity contribution in [1.82, 2.24) is 4.72 Å². The van der Waals surface area contributed by atoms with Crippen molar-refractivity contribution in [1.29, 1.82) is 0 Å². The topological polar surface area (TPSA) is 72.2 Å². The molecule has 4 nitrogen and oxygen atoms in total. The van der Waals surface area contributed by atoms with Crippen LogP contribution in [0.15, 0.2) is 24.3 Å². The van der Waals surface area contributed by atoms with E-state index in [0.717, 1.165) is 0 Å². The van der Waals surface area contributed by atoms with Gasteiger partial charge in [0.1, 0.15) is 4.99 Å². The van der Waals surface area contributed by atoms with Gasteiger partial charge >= 0.3 is 6.18 Å². The highest BCUT2D eigenvalue weighted by atomic mass is 32.2. The first-order chi connectivity index (χ1) is 9.59. The zero-order valence-electron chi connectivity index (χ0n) is 11.0. The molecule has 0 spiro atoms. The second kappa shape index (κ2) is 7.19. The maximum atomic E-state index is 11.9. The first-order valence-electron chi connectivity index (χ1n) is 6.02. The van der Waals surface area contributed by atoms with E-state index in [4.69, 9.17) is 18.0 Å². The minimum atomic E-state index is -4.28. The molecule has 0 heterocycles. The molecule has 0 aliphatic heterocycles. The standard InChI is InChI=1S/C12H15F3N2O2S2/c13-12(14,15)6-1-7-17-21(18,19)8-9-2-4-10(5-3-9)11(16)20/h2-5,17H,1,6-8H2,(H2,16,20). The minimum absolute atomic E-state index is 0.203. The largest absolute Gasteiger partial charge is 0.389 e. The molecule has 0 saturated heterocycles. The Morgan fingerprint density at radius 2 is 1.81 bits per heavy atom. The van der Waals surface area contributed by atoms with E-state index in [1.807, 2.05) is 0 Å². The van der Waals surface area contributed by atoms with Crippen molar-refractivity contribution in [3.8, 4) is 0 Å². The Morgan fingerprint density at radius 1 is 1.24 bits per heavy atom. The summed E-state index contributed by atoms with van der Waals surface area (Å²) in [7, 11) is -3.67. The molecule has 9 heteroatoms. The number of nitrogens with one attached hydrogen (secondary N) is 1. The SMILES string of the molecule is NC(=S)c1ccc(CS(=O)(=O)NCCCC(F)(F)F)cc1. The molecule has 0 bridgehead atoms. The zero-order chi connectivity index (χ0) is 16.1. The molecule has 0 amide bonds. The summed E-state index contributed by atoms with van der Waals surface area (Å²) >= 11 is 4.77. The highest BCUT2D eigenvalue weighted by Crippen LogP contribution is 2.20. The third-order valence-electron chi connectivity index (χ3n) is 2.55. The maximum absolute atomic E-state index is 11.9. The summed E-state index contributed by atoms with van der Waals surface area (Å²) in [5.41, 5.74) is 6.53. The van der Waals surface area contributed by atoms with Gasteiger partial charge in [0, 0.05) is 18.5 Å². The third kappa shape index (κ3) is 7.39. The predicted molar refractivity (Wildman–Crippen MR) is 78.2 cm³/mol. The first kappa shape index (κ1) is 17.9. The van der Waals surface area contributed by atoms with E-state index in [1.54, 1.807) is 24.3 Å². The summed E-state index contributed by atoms with van der Waals surface area (Å²) in [6.45, 7) is -0.243. The van der Waals surface area contributed by atoms with Gasteiger partial charge in [0.05, 0.1) is 5.75 Å². The van der Waals surface area contributed by atoms with Crippen LogP contribution in [0.1, 0.15) is 24.0 Å². The van der Waals surface area contributed by atoms with Crippen LogP contribution in [0.25, 0.3) is 0 Å². The van der Waals surface area contributed by atoms with Crippen molar-refractivity contribution in [2.45, 2.75) is 24.8 Å². The van der Waals surface area contributed by atoms with Gasteiger partial charge in [-0.15, -0.1) is 0 Å². The highest BCUT2D eigenvalue weighted by Gasteiger charge is 2.26. The van der Waals surface area contributed by atoms with Gasteiger partial charge < -0.3 is 5.73 Å². The van der Waals surface area contributed by atoms with E-state index < -0.39 is 22.6 Å². The average Bonchev–Trinajstić information content (AvgIpc) is 2.34. The number of hydrogen-bond donors (Lipinski definition) is 2. The fourth-order valence-electron chi connectivity index (χ4n) is 1.55. The van der Waals surface area contributed by atoms with Crippen LogP contribution >= 0.6 is 12.2 Å². The smallest absolute Gasteiger partial charge is 0.389 e. The molecule has 21 heavy (non-hydrogen) atoms. The summed E-state index contributed by atoms with van der Waals surface area (Å²) in [5, 5.41) is 0. The van der Waals surface area contributed by atoms with Crippen LogP contribution in [0.4, 0.5) is 13.2 Å². The molecule has 1 aromatic rings. The number of halogens is 3. The molecule has 118 valence electrons. The van der Waals surface area contributed by atoms with Crippen LogP contribution in [-0.2, 0) is 15.8 Å². The van der Waals surface area contributed by atoms with E-state index in [-0.39, 0.29) is 23.7 Å². The van der Waals surface area contributed by atoms with Crippen molar-refractivity contribution >= 4 is 27.2 Å². The average molecular weight is 340 g/mol. The number of sulfonamides is 1. The summed E-state index contributed by atoms with van der Waals surface area (Å²) in [4.78, 5) is 0.203. The van der Waals surface area contributed by atoms with Gasteiger partial charge in [0.15, 0.2) is 0 Å². The fraction of sp³-hybridized carbons (Fsp3) is 0.417. The Bertz CT molecular complexity index is 584. The Hall–Kier alpha value is -1.19. The molecule has 0 aromatic heterocycles. The molecule has 0 fully saturated rings. The number of hydrogen-bond acceptors (Lipinski definition) is 3. The van der Waals surface area contributed by atoms with Crippen molar-refractivity contribution in [2.75, 3.05) is 6.54 Å². The van der Waals surface area contributed by atoms with Crippen LogP contribution in [0.2, 0.25) is 0 Å². The lowest BCUT2D eigenvalue weighted by atomic mass is 10.1. The molecule has 0 aliphatic carbocycles. The Kier molecular flexibility index (Phi) is 6.11. The van der Waals surface area contributed by atoms with Crippen molar-refractivity contribution < 1.29 is 21.6 Å². The number of thiocarbonyl (C=S) groups is 1. The number of alkyl halides is 3. The van der Waals surface area contributed by atoms with Gasteiger partial charge in [-0.1, -0.05) is 36.5 Å². The second-order valence-electron chi connectivity index (χ2n) is 4.43. The lowest BCUT2D eigenvalue weighted by Gasteiger charge is -2.09. The van der Waals surface area contributed by atoms with E-state index in [2.05, 4.69) is 4.72 Å². The van der Waals surface area contributed by atoms with Crippen molar-refractivity contribution in [3.63, 3.8) is 0 Å². The summed E-state index contributed by atoms with van der Waals surface area (Å²) in [5.74, 6) is -0.309. The molecule has 0 unspecified atom stereocenters. The van der Waals surface area contributed by atoms with Crippen molar-refractivity contribution in [2.24, 2.45) is 5.73 Å². The first-order valence-corrected chi connectivity index (χ1v) is 8.08. The zero-order valence-corrected chi connectivity index (χ0v) is 12.6. The molecule has 0 aliphatic rings. The van der Waals surface area contributed by atoms with E-state index in [0.29, 0.717) is 11.1 Å². The normalized spacial score (nSPS) is 12.3. The maximum Gasteiger partial charge on any atom is 0.389 e. The number of benzene rings is 1. The fourth-order valence-corrected chi connectivity index (χ4v) is 2.88. The van der Waals surface area contributed by atoms with E-state index in [9.17, 15) is 21.6 Å². The minimum Gasteiger partial charge on any atom is -0.389 e. The molecule has 0 atom stereocenters. The number of rotatable bonds is 7. The van der Waals surface area contributed by atoms with Crippen LogP contribution in [0.3, 0.4) is 0 Å². The molecule has 0 saturated carbocycles. The summed E-state index contributed by atoms with van der Waals surface area (Å²) in [6.07, 6.45) is -5.58. The van der Waals surface area contributed by atoms with Crippen LogP contribution in [0, 0.1) is 0 Å². The predicted octanol–water partition coefficient (Wildman–Crippen LogP) is 2.08. The molecule has 1 aromatic carbocycles. The molecule has 3 N–H and O–H groups in total. The molecule has 0 radical (unpaired) electrons. The highest BCUT2D eigenvalue weighted by molar-refractivity contribution is 7.88. The van der Waals surface area contributed by atoms with Gasteiger partial charge in [0.25, 0.3) is 0 Å². The van der Waals surface area contributed by atoms with Crippen LogP contribution in [0.5, 0.6) is 0 Å². The van der Waals surface area contributed by atoms with Crippen LogP contribution < -0.4 is 10.5 Å². The van der Waals surface area contributed by atoms with Gasteiger partial charge in [-0.05, 0) is 12.0 Å². The Balaban J connectivity index is 2.50. The third-order valence-corrected chi connectivity index (χ3v) is 4.15. The molecular formula is C12H15F3N2O2S2. The van der Waals surface area contributed by atoms with Gasteiger partial charge in [0.2, 0.25) is 10.0 Å².